The fourth-order valence-corrected chi connectivity index (χ4v) is 6.17. The highest BCUT2D eigenvalue weighted by atomic mass is 15.1. The summed E-state index contributed by atoms with van der Waals surface area (Å²) in [5.74, 6) is 1.33. The molecule has 0 N–H and O–H groups in total. The van der Waals surface area contributed by atoms with E-state index in [1.165, 1.54) is 49.9 Å². The van der Waals surface area contributed by atoms with Gasteiger partial charge >= 0.3 is 0 Å². The molecule has 3 nitrogen and oxygen atoms in total. The van der Waals surface area contributed by atoms with Crippen molar-refractivity contribution >= 4 is 27.5 Å². The van der Waals surface area contributed by atoms with Crippen LogP contribution in [0.3, 0.4) is 0 Å². The van der Waals surface area contributed by atoms with Gasteiger partial charge in [-0.15, -0.1) is 0 Å². The molecule has 0 fully saturated rings. The zero-order chi connectivity index (χ0) is 25.6. The third-order valence-corrected chi connectivity index (χ3v) is 7.81. The van der Waals surface area contributed by atoms with E-state index in [4.69, 9.17) is 4.98 Å². The molecule has 184 valence electrons. The lowest BCUT2D eigenvalue weighted by Gasteiger charge is -2.26. The lowest BCUT2D eigenvalue weighted by molar-refractivity contribution is 0.796. The van der Waals surface area contributed by atoms with Crippen LogP contribution in [0.15, 0.2) is 133 Å². The summed E-state index contributed by atoms with van der Waals surface area (Å²) < 4.78 is 4.63. The van der Waals surface area contributed by atoms with Crippen molar-refractivity contribution in [3.63, 3.8) is 0 Å². The van der Waals surface area contributed by atoms with Crippen molar-refractivity contribution < 1.29 is 0 Å². The Labute approximate surface area is 223 Å². The summed E-state index contributed by atoms with van der Waals surface area (Å²) in [6.07, 6.45) is 7.41. The quantitative estimate of drug-likeness (QED) is 0.241. The van der Waals surface area contributed by atoms with Gasteiger partial charge in [0.05, 0.1) is 11.0 Å². The molecule has 2 heterocycles. The zero-order valence-electron chi connectivity index (χ0n) is 21.7. The van der Waals surface area contributed by atoms with Gasteiger partial charge in [0.1, 0.15) is 5.82 Å². The van der Waals surface area contributed by atoms with E-state index >= 15 is 0 Å². The van der Waals surface area contributed by atoms with E-state index in [1.807, 2.05) is 12.3 Å². The molecule has 38 heavy (non-hydrogen) atoms. The second-order valence-corrected chi connectivity index (χ2v) is 10.2. The van der Waals surface area contributed by atoms with E-state index in [2.05, 4.69) is 132 Å². The van der Waals surface area contributed by atoms with Crippen molar-refractivity contribution in [2.75, 3.05) is 0 Å². The standard InChI is InChI=1S/C35H29N3/c1-24-21-28(22-25(2)34(24)37-20-19-36-35(37)26-11-5-3-6-12-26)27-17-18-33-31(23-27)30-15-9-10-16-32(30)38(33)29-13-7-4-8-14-29/h3-21,23,28H,22H2,1-2H3. The highest BCUT2D eigenvalue weighted by Crippen LogP contribution is 2.40. The first kappa shape index (κ1) is 22.6. The summed E-state index contributed by atoms with van der Waals surface area (Å²) in [4.78, 5) is 4.70. The van der Waals surface area contributed by atoms with E-state index in [-0.39, 0.29) is 0 Å². The molecular weight excluding hydrogens is 462 g/mol. The fourth-order valence-electron chi connectivity index (χ4n) is 6.17. The van der Waals surface area contributed by atoms with Gasteiger partial charge in [0.25, 0.3) is 0 Å². The van der Waals surface area contributed by atoms with Gasteiger partial charge in [-0.05, 0) is 67.3 Å². The van der Waals surface area contributed by atoms with Gasteiger partial charge in [0.15, 0.2) is 0 Å². The normalized spacial score (nSPS) is 15.8. The average molecular weight is 492 g/mol. The second kappa shape index (κ2) is 9.04. The predicted octanol–water partition coefficient (Wildman–Crippen LogP) is 9.01. The Hall–Kier alpha value is -4.63. The number of para-hydroxylation sites is 2. The van der Waals surface area contributed by atoms with Gasteiger partial charge in [0, 0.05) is 46.0 Å². The number of hydrogen-bond donors (Lipinski definition) is 0. The lowest BCUT2D eigenvalue weighted by atomic mass is 9.84. The van der Waals surface area contributed by atoms with Crippen LogP contribution < -0.4 is 0 Å². The van der Waals surface area contributed by atoms with Crippen molar-refractivity contribution in [1.82, 2.24) is 14.1 Å². The fraction of sp³-hybridized carbons (Fsp3) is 0.114. The molecule has 2 aromatic heterocycles. The first-order valence-corrected chi connectivity index (χ1v) is 13.3. The lowest BCUT2D eigenvalue weighted by Crippen LogP contribution is -2.10. The molecular formula is C35H29N3. The van der Waals surface area contributed by atoms with Crippen LogP contribution in [0.5, 0.6) is 0 Å². The van der Waals surface area contributed by atoms with Gasteiger partial charge in [-0.3, -0.25) is 4.57 Å². The van der Waals surface area contributed by atoms with Gasteiger partial charge in [-0.1, -0.05) is 78.9 Å². The minimum atomic E-state index is 0.339. The van der Waals surface area contributed by atoms with Crippen LogP contribution in [0.25, 0.3) is 44.6 Å². The molecule has 6 aromatic rings. The number of rotatable bonds is 4. The van der Waals surface area contributed by atoms with Gasteiger partial charge in [-0.25, -0.2) is 4.98 Å². The van der Waals surface area contributed by atoms with Crippen molar-refractivity contribution in [1.29, 1.82) is 0 Å². The smallest absolute Gasteiger partial charge is 0.144 e. The number of imidazole rings is 1. The second-order valence-electron chi connectivity index (χ2n) is 10.2. The molecule has 0 bridgehead atoms. The maximum absolute atomic E-state index is 4.70. The summed E-state index contributed by atoms with van der Waals surface area (Å²) in [5, 5.41) is 2.60. The molecule has 4 aromatic carbocycles. The Morgan fingerprint density at radius 1 is 0.737 bits per heavy atom. The number of aromatic nitrogens is 3. The van der Waals surface area contributed by atoms with E-state index in [0.717, 1.165) is 17.8 Å². The summed E-state index contributed by atoms with van der Waals surface area (Å²) in [6.45, 7) is 4.51. The van der Waals surface area contributed by atoms with Crippen LogP contribution in [0, 0.1) is 0 Å². The van der Waals surface area contributed by atoms with Crippen LogP contribution in [-0.2, 0) is 0 Å². The molecule has 1 aliphatic rings. The minimum absolute atomic E-state index is 0.339. The number of fused-ring (bicyclic) bond motifs is 3. The molecule has 0 amide bonds. The Morgan fingerprint density at radius 2 is 1.45 bits per heavy atom. The van der Waals surface area contributed by atoms with Crippen molar-refractivity contribution in [3.05, 3.63) is 138 Å². The van der Waals surface area contributed by atoms with Crippen LogP contribution >= 0.6 is 0 Å². The largest absolute Gasteiger partial charge is 0.309 e. The molecule has 3 heteroatoms. The van der Waals surface area contributed by atoms with E-state index in [1.54, 1.807) is 0 Å². The van der Waals surface area contributed by atoms with Crippen LogP contribution in [0.4, 0.5) is 0 Å². The summed E-state index contributed by atoms with van der Waals surface area (Å²) in [5.41, 5.74) is 10.1. The molecule has 0 spiro atoms. The summed E-state index contributed by atoms with van der Waals surface area (Å²) in [6, 6.07) is 36.9. The summed E-state index contributed by atoms with van der Waals surface area (Å²) in [7, 11) is 0. The molecule has 1 aliphatic carbocycles. The molecule has 0 aliphatic heterocycles. The van der Waals surface area contributed by atoms with Crippen molar-refractivity contribution in [2.45, 2.75) is 26.2 Å². The maximum Gasteiger partial charge on any atom is 0.144 e. The van der Waals surface area contributed by atoms with Crippen LogP contribution in [0.1, 0.15) is 31.7 Å². The Bertz CT molecular complexity index is 1850. The predicted molar refractivity (Wildman–Crippen MR) is 158 cm³/mol. The van der Waals surface area contributed by atoms with E-state index < -0.39 is 0 Å². The third-order valence-electron chi connectivity index (χ3n) is 7.81. The highest BCUT2D eigenvalue weighted by Gasteiger charge is 2.23. The topological polar surface area (TPSA) is 22.8 Å². The van der Waals surface area contributed by atoms with E-state index in [9.17, 15) is 0 Å². The first-order chi connectivity index (χ1) is 18.7. The number of hydrogen-bond acceptors (Lipinski definition) is 1. The van der Waals surface area contributed by atoms with Crippen molar-refractivity contribution in [2.24, 2.45) is 0 Å². The molecule has 0 saturated carbocycles. The van der Waals surface area contributed by atoms with Crippen LogP contribution in [0.2, 0.25) is 0 Å². The summed E-state index contributed by atoms with van der Waals surface area (Å²) >= 11 is 0. The Kier molecular flexibility index (Phi) is 5.36. The zero-order valence-corrected chi connectivity index (χ0v) is 21.7. The Balaban J connectivity index is 1.30. The van der Waals surface area contributed by atoms with Gasteiger partial charge in [0.2, 0.25) is 0 Å². The maximum atomic E-state index is 4.70. The van der Waals surface area contributed by atoms with Gasteiger partial charge in [-0.2, -0.15) is 0 Å². The third kappa shape index (κ3) is 3.62. The average Bonchev–Trinajstić information content (AvgIpc) is 3.56. The number of benzene rings is 4. The molecule has 1 unspecified atom stereocenters. The highest BCUT2D eigenvalue weighted by molar-refractivity contribution is 6.09. The molecule has 0 saturated heterocycles. The molecule has 0 radical (unpaired) electrons. The number of nitrogens with zero attached hydrogens (tertiary/aromatic N) is 3. The minimum Gasteiger partial charge on any atom is -0.309 e. The molecule has 7 rings (SSSR count). The van der Waals surface area contributed by atoms with E-state index in [0.29, 0.717) is 5.92 Å². The number of allylic oxidation sites excluding steroid dienone is 4. The van der Waals surface area contributed by atoms with Crippen LogP contribution in [-0.4, -0.2) is 14.1 Å². The first-order valence-electron chi connectivity index (χ1n) is 13.3. The SMILES string of the molecule is CC1=CC(c2ccc3c(c2)c2ccccc2n3-c2ccccc2)CC(C)=C1n1ccnc1-c1ccccc1. The molecule has 1 atom stereocenters. The monoisotopic (exact) mass is 491 g/mol. The van der Waals surface area contributed by atoms with Crippen molar-refractivity contribution in [3.8, 4) is 17.1 Å². The Morgan fingerprint density at radius 3 is 2.24 bits per heavy atom. The van der Waals surface area contributed by atoms with Gasteiger partial charge < -0.3 is 4.57 Å².